The van der Waals surface area contributed by atoms with E-state index >= 15 is 0 Å². The van der Waals surface area contributed by atoms with Gasteiger partial charge in [-0.05, 0) is 44.2 Å². The second-order valence-corrected chi connectivity index (χ2v) is 6.73. The summed E-state index contributed by atoms with van der Waals surface area (Å²) in [7, 11) is 1.49. The Labute approximate surface area is 177 Å². The van der Waals surface area contributed by atoms with Gasteiger partial charge in [-0.2, -0.15) is 8.78 Å². The van der Waals surface area contributed by atoms with Crippen molar-refractivity contribution in [3.8, 4) is 28.7 Å². The van der Waals surface area contributed by atoms with Crippen LogP contribution in [0.1, 0.15) is 29.9 Å². The number of benzene rings is 2. The lowest BCUT2D eigenvalue weighted by Gasteiger charge is -2.15. The van der Waals surface area contributed by atoms with Crippen molar-refractivity contribution < 1.29 is 32.2 Å². The molecule has 3 rings (SSSR count). The smallest absolute Gasteiger partial charge is 0.387 e. The third-order valence-electron chi connectivity index (χ3n) is 4.10. The minimum atomic E-state index is -2.97. The van der Waals surface area contributed by atoms with Gasteiger partial charge in [0.1, 0.15) is 12.0 Å². The van der Waals surface area contributed by atoms with Crippen LogP contribution >= 0.6 is 0 Å². The Hall–Kier alpha value is -3.62. The van der Waals surface area contributed by atoms with Crippen molar-refractivity contribution in [2.45, 2.75) is 33.1 Å². The Morgan fingerprint density at radius 3 is 2.58 bits per heavy atom. The number of para-hydroxylation sites is 1. The first-order valence-electron chi connectivity index (χ1n) is 9.49. The van der Waals surface area contributed by atoms with Gasteiger partial charge in [0, 0.05) is 5.56 Å². The molecular weight excluding hydrogens is 410 g/mol. The lowest BCUT2D eigenvalue weighted by atomic mass is 10.2. The summed E-state index contributed by atoms with van der Waals surface area (Å²) in [4.78, 5) is 16.7. The molecule has 1 heterocycles. The Bertz CT molecular complexity index is 1040. The van der Waals surface area contributed by atoms with Gasteiger partial charge in [-0.3, -0.25) is 4.79 Å². The van der Waals surface area contributed by atoms with E-state index in [-0.39, 0.29) is 35.9 Å². The maximum absolute atomic E-state index is 12.6. The average molecular weight is 432 g/mol. The van der Waals surface area contributed by atoms with Gasteiger partial charge in [0.25, 0.3) is 5.91 Å². The predicted molar refractivity (Wildman–Crippen MR) is 108 cm³/mol. The molecule has 3 aromatic rings. The number of nitrogens with zero attached hydrogens (tertiary/aromatic N) is 1. The number of ether oxygens (including phenoxy) is 3. The summed E-state index contributed by atoms with van der Waals surface area (Å²) in [5.74, 6) is 0.465. The molecule has 0 radical (unpaired) electrons. The van der Waals surface area contributed by atoms with Crippen molar-refractivity contribution in [1.82, 2.24) is 10.3 Å². The van der Waals surface area contributed by atoms with Crippen molar-refractivity contribution >= 4 is 5.91 Å². The number of hydrogen-bond acceptors (Lipinski definition) is 6. The van der Waals surface area contributed by atoms with Gasteiger partial charge in [-0.1, -0.05) is 12.1 Å². The molecular formula is C22H22F2N2O5. The van der Waals surface area contributed by atoms with Crippen LogP contribution in [0.4, 0.5) is 8.78 Å². The number of rotatable bonds is 9. The molecule has 0 fully saturated rings. The van der Waals surface area contributed by atoms with E-state index < -0.39 is 6.61 Å². The van der Waals surface area contributed by atoms with Gasteiger partial charge in [-0.15, -0.1) is 0 Å². The highest BCUT2D eigenvalue weighted by atomic mass is 19.3. The number of methoxy groups -OCH3 is 1. The zero-order chi connectivity index (χ0) is 22.4. The van der Waals surface area contributed by atoms with E-state index in [0.717, 1.165) is 0 Å². The molecule has 0 aliphatic carbocycles. The van der Waals surface area contributed by atoms with Crippen molar-refractivity contribution in [3.05, 3.63) is 60.0 Å². The molecule has 0 bridgehead atoms. The van der Waals surface area contributed by atoms with Gasteiger partial charge in [-0.25, -0.2) is 4.98 Å². The van der Waals surface area contributed by atoms with Crippen LogP contribution in [0.25, 0.3) is 11.5 Å². The highest BCUT2D eigenvalue weighted by molar-refractivity contribution is 5.96. The topological polar surface area (TPSA) is 82.8 Å². The molecule has 9 heteroatoms. The molecule has 0 saturated carbocycles. The van der Waals surface area contributed by atoms with E-state index in [1.165, 1.54) is 31.6 Å². The van der Waals surface area contributed by atoms with Gasteiger partial charge in [0.2, 0.25) is 5.89 Å². The molecule has 0 atom stereocenters. The summed E-state index contributed by atoms with van der Waals surface area (Å²) in [5, 5.41) is 2.75. The molecule has 0 spiro atoms. The summed E-state index contributed by atoms with van der Waals surface area (Å²) in [6.07, 6.45) is 1.16. The number of hydrogen-bond donors (Lipinski definition) is 1. The summed E-state index contributed by atoms with van der Waals surface area (Å²) >= 11 is 0. The Balaban J connectivity index is 1.73. The minimum Gasteiger partial charge on any atom is -0.496 e. The van der Waals surface area contributed by atoms with Crippen molar-refractivity contribution in [1.29, 1.82) is 0 Å². The van der Waals surface area contributed by atoms with Gasteiger partial charge in [0.05, 0.1) is 31.0 Å². The SMILES string of the molecule is COc1ccccc1C(=O)NCc1coc(-c2ccc(OC(F)F)c(OC(C)C)c2)n1. The minimum absolute atomic E-state index is 0.0803. The molecule has 0 unspecified atom stereocenters. The number of alkyl halides is 2. The van der Waals surface area contributed by atoms with Crippen molar-refractivity contribution in [3.63, 3.8) is 0 Å². The standard InChI is InChI=1S/C22H22F2N2O5/c1-13(2)30-19-10-14(8-9-18(19)31-22(23)24)21-26-15(12-29-21)11-25-20(27)16-6-4-5-7-17(16)28-3/h4-10,12-13,22H,11H2,1-3H3,(H,25,27). The number of carbonyl (C=O) groups excluding carboxylic acids is 1. The summed E-state index contributed by atoms with van der Waals surface area (Å²) < 4.78 is 46.0. The maximum Gasteiger partial charge on any atom is 0.387 e. The van der Waals surface area contributed by atoms with Crippen LogP contribution in [0.2, 0.25) is 0 Å². The van der Waals surface area contributed by atoms with Crippen LogP contribution in [-0.4, -0.2) is 30.7 Å². The van der Waals surface area contributed by atoms with E-state index in [1.807, 2.05) is 0 Å². The molecule has 1 aromatic heterocycles. The summed E-state index contributed by atoms with van der Waals surface area (Å²) in [5.41, 5.74) is 1.40. The van der Waals surface area contributed by atoms with E-state index in [9.17, 15) is 13.6 Å². The molecule has 1 amide bonds. The van der Waals surface area contributed by atoms with Gasteiger partial charge >= 0.3 is 6.61 Å². The quantitative estimate of drug-likeness (QED) is 0.529. The van der Waals surface area contributed by atoms with Crippen molar-refractivity contribution in [2.24, 2.45) is 0 Å². The van der Waals surface area contributed by atoms with Crippen LogP contribution in [-0.2, 0) is 6.54 Å². The Morgan fingerprint density at radius 2 is 1.87 bits per heavy atom. The fourth-order valence-corrected chi connectivity index (χ4v) is 2.80. The van der Waals surface area contributed by atoms with Gasteiger partial charge < -0.3 is 23.9 Å². The molecule has 0 saturated heterocycles. The molecule has 2 aromatic carbocycles. The third-order valence-corrected chi connectivity index (χ3v) is 4.10. The highest BCUT2D eigenvalue weighted by Gasteiger charge is 2.17. The van der Waals surface area contributed by atoms with Gasteiger partial charge in [0.15, 0.2) is 11.5 Å². The zero-order valence-corrected chi connectivity index (χ0v) is 17.2. The fourth-order valence-electron chi connectivity index (χ4n) is 2.80. The Kier molecular flexibility index (Phi) is 7.07. The second-order valence-electron chi connectivity index (χ2n) is 6.73. The zero-order valence-electron chi connectivity index (χ0n) is 17.2. The number of halogens is 2. The van der Waals surface area contributed by atoms with Crippen LogP contribution in [0.3, 0.4) is 0 Å². The van der Waals surface area contributed by atoms with E-state index in [2.05, 4.69) is 15.0 Å². The van der Waals surface area contributed by atoms with Crippen molar-refractivity contribution in [2.75, 3.05) is 7.11 Å². The lowest BCUT2D eigenvalue weighted by Crippen LogP contribution is -2.23. The number of aromatic nitrogens is 1. The fraction of sp³-hybridized carbons (Fsp3) is 0.273. The van der Waals surface area contributed by atoms with Crippen LogP contribution in [0.15, 0.2) is 53.1 Å². The van der Waals surface area contributed by atoms with Crippen LogP contribution in [0, 0.1) is 0 Å². The molecule has 164 valence electrons. The molecule has 31 heavy (non-hydrogen) atoms. The average Bonchev–Trinajstić information content (AvgIpc) is 3.21. The van der Waals surface area contributed by atoms with E-state index in [0.29, 0.717) is 22.6 Å². The number of nitrogens with one attached hydrogen (secondary N) is 1. The number of carbonyl (C=O) groups is 1. The van der Waals surface area contributed by atoms with E-state index in [4.69, 9.17) is 13.9 Å². The molecule has 0 aliphatic heterocycles. The Morgan fingerprint density at radius 1 is 1.10 bits per heavy atom. The highest BCUT2D eigenvalue weighted by Crippen LogP contribution is 2.34. The normalized spacial score (nSPS) is 10.9. The monoisotopic (exact) mass is 432 g/mol. The first-order chi connectivity index (χ1) is 14.9. The summed E-state index contributed by atoms with van der Waals surface area (Å²) in [6, 6.07) is 11.3. The maximum atomic E-state index is 12.6. The third kappa shape index (κ3) is 5.71. The molecule has 0 aliphatic rings. The first-order valence-corrected chi connectivity index (χ1v) is 9.49. The van der Waals surface area contributed by atoms with Crippen LogP contribution < -0.4 is 19.5 Å². The molecule has 7 nitrogen and oxygen atoms in total. The second kappa shape index (κ2) is 9.92. The molecule has 1 N–H and O–H groups in total. The largest absolute Gasteiger partial charge is 0.496 e. The first kappa shape index (κ1) is 22.1. The summed E-state index contributed by atoms with van der Waals surface area (Å²) in [6.45, 7) is 0.696. The van der Waals surface area contributed by atoms with Crippen LogP contribution in [0.5, 0.6) is 17.2 Å². The number of amides is 1. The number of oxazole rings is 1. The lowest BCUT2D eigenvalue weighted by molar-refractivity contribution is -0.0518. The van der Waals surface area contributed by atoms with E-state index in [1.54, 1.807) is 38.1 Å². The predicted octanol–water partition coefficient (Wildman–Crippen LogP) is 4.67.